The predicted molar refractivity (Wildman–Crippen MR) is 134 cm³/mol. The average Bonchev–Trinajstić information content (AvgIpc) is 3.33. The number of fused-ring (bicyclic) bond motifs is 1. The van der Waals surface area contributed by atoms with Crippen LogP contribution in [0.25, 0.3) is 0 Å². The van der Waals surface area contributed by atoms with Gasteiger partial charge in [0.1, 0.15) is 6.10 Å². The topological polar surface area (TPSA) is 36.0 Å². The van der Waals surface area contributed by atoms with E-state index in [0.717, 1.165) is 44.9 Å². The fourth-order valence-electron chi connectivity index (χ4n) is 6.57. The lowest BCUT2D eigenvalue weighted by Crippen LogP contribution is -2.49. The van der Waals surface area contributed by atoms with Gasteiger partial charge in [0.2, 0.25) is 0 Å². The zero-order chi connectivity index (χ0) is 22.8. The molecular formula is C28H43N3O2. The second kappa shape index (κ2) is 9.85. The van der Waals surface area contributed by atoms with Gasteiger partial charge in [0, 0.05) is 51.0 Å². The molecule has 0 atom stereocenters. The Kier molecular flexibility index (Phi) is 6.87. The molecule has 3 fully saturated rings. The summed E-state index contributed by atoms with van der Waals surface area (Å²) in [5.41, 5.74) is 4.07. The molecule has 2 aliphatic heterocycles. The van der Waals surface area contributed by atoms with Crippen molar-refractivity contribution >= 4 is 11.8 Å². The number of piperazine rings is 1. The summed E-state index contributed by atoms with van der Waals surface area (Å²) in [6.07, 6.45) is 12.3. The first-order valence-electron chi connectivity index (χ1n) is 13.6. The molecule has 0 unspecified atom stereocenters. The lowest BCUT2D eigenvalue weighted by atomic mass is 9.80. The van der Waals surface area contributed by atoms with E-state index < -0.39 is 0 Å². The van der Waals surface area contributed by atoms with Gasteiger partial charge in [-0.25, -0.2) is 4.79 Å². The quantitative estimate of drug-likeness (QED) is 0.588. The van der Waals surface area contributed by atoms with E-state index in [2.05, 4.69) is 41.8 Å². The molecule has 182 valence electrons. The van der Waals surface area contributed by atoms with Crippen LogP contribution in [0.2, 0.25) is 0 Å². The zero-order valence-electron chi connectivity index (χ0n) is 20.9. The number of nitrogens with zero attached hydrogens (tertiary/aromatic N) is 3. The van der Waals surface area contributed by atoms with Crippen LogP contribution in [-0.4, -0.2) is 60.8 Å². The van der Waals surface area contributed by atoms with E-state index >= 15 is 0 Å². The van der Waals surface area contributed by atoms with E-state index in [1.807, 2.05) is 4.90 Å². The van der Waals surface area contributed by atoms with Gasteiger partial charge in [0.25, 0.3) is 0 Å². The van der Waals surface area contributed by atoms with Gasteiger partial charge in [-0.2, -0.15) is 0 Å². The molecule has 33 heavy (non-hydrogen) atoms. The zero-order valence-corrected chi connectivity index (χ0v) is 20.9. The van der Waals surface area contributed by atoms with Gasteiger partial charge in [0.05, 0.1) is 0 Å². The van der Waals surface area contributed by atoms with Crippen LogP contribution >= 0.6 is 0 Å². The number of rotatable bonds is 3. The molecule has 1 saturated heterocycles. The first-order valence-corrected chi connectivity index (χ1v) is 13.6. The van der Waals surface area contributed by atoms with Crippen LogP contribution in [-0.2, 0) is 16.7 Å². The summed E-state index contributed by atoms with van der Waals surface area (Å²) in [6.45, 7) is 10.6. The van der Waals surface area contributed by atoms with E-state index in [1.165, 1.54) is 74.8 Å². The normalized spacial score (nSPS) is 25.0. The molecule has 5 heteroatoms. The third kappa shape index (κ3) is 5.18. The smallest absolute Gasteiger partial charge is 0.410 e. The number of hydrogen-bond acceptors (Lipinski definition) is 4. The Labute approximate surface area is 200 Å². The standard InChI is InChI=1S/C28H43N3O2/c1-28(2)14-15-31(27(32)33-25-10-4-3-5-11-25)21-22-20-24(12-13-26(22)28)30-18-16-29(17-19-30)23-8-6-7-9-23/h12-13,20,23,25H,3-11,14-19,21H2,1-2H3. The van der Waals surface area contributed by atoms with Crippen LogP contribution in [0.4, 0.5) is 10.5 Å². The van der Waals surface area contributed by atoms with Crippen molar-refractivity contribution in [3.05, 3.63) is 29.3 Å². The maximum atomic E-state index is 13.1. The Bertz CT molecular complexity index is 818. The number of carbonyl (C=O) groups is 1. The highest BCUT2D eigenvalue weighted by molar-refractivity contribution is 5.68. The number of amides is 1. The molecule has 0 N–H and O–H groups in total. The van der Waals surface area contributed by atoms with E-state index in [0.29, 0.717) is 6.54 Å². The third-order valence-corrected chi connectivity index (χ3v) is 8.78. The molecule has 5 nitrogen and oxygen atoms in total. The fourth-order valence-corrected chi connectivity index (χ4v) is 6.57. The van der Waals surface area contributed by atoms with Crippen molar-refractivity contribution in [3.8, 4) is 0 Å². The summed E-state index contributed by atoms with van der Waals surface area (Å²) in [4.78, 5) is 20.3. The molecule has 1 amide bonds. The van der Waals surface area contributed by atoms with Crippen LogP contribution in [0.5, 0.6) is 0 Å². The monoisotopic (exact) mass is 453 g/mol. The van der Waals surface area contributed by atoms with Crippen molar-refractivity contribution in [3.63, 3.8) is 0 Å². The highest BCUT2D eigenvalue weighted by Crippen LogP contribution is 2.36. The maximum Gasteiger partial charge on any atom is 0.410 e. The van der Waals surface area contributed by atoms with Crippen LogP contribution < -0.4 is 4.90 Å². The van der Waals surface area contributed by atoms with Crippen LogP contribution in [0, 0.1) is 0 Å². The molecule has 0 radical (unpaired) electrons. The summed E-state index contributed by atoms with van der Waals surface area (Å²) >= 11 is 0. The van der Waals surface area contributed by atoms with Gasteiger partial charge in [0.15, 0.2) is 0 Å². The minimum Gasteiger partial charge on any atom is -0.446 e. The summed E-state index contributed by atoms with van der Waals surface area (Å²) in [6, 6.07) is 7.85. The Balaban J connectivity index is 1.28. The minimum absolute atomic E-state index is 0.0644. The van der Waals surface area contributed by atoms with Gasteiger partial charge < -0.3 is 14.5 Å². The lowest BCUT2D eigenvalue weighted by Gasteiger charge is -2.39. The van der Waals surface area contributed by atoms with Gasteiger partial charge >= 0.3 is 6.09 Å². The van der Waals surface area contributed by atoms with Crippen molar-refractivity contribution in [2.45, 2.75) is 102 Å². The van der Waals surface area contributed by atoms with Crippen molar-refractivity contribution in [1.29, 1.82) is 0 Å². The van der Waals surface area contributed by atoms with Crippen molar-refractivity contribution < 1.29 is 9.53 Å². The van der Waals surface area contributed by atoms with E-state index in [4.69, 9.17) is 4.74 Å². The Hall–Kier alpha value is -1.75. The first-order chi connectivity index (χ1) is 16.0. The van der Waals surface area contributed by atoms with E-state index in [1.54, 1.807) is 0 Å². The Morgan fingerprint density at radius 2 is 1.61 bits per heavy atom. The van der Waals surface area contributed by atoms with E-state index in [-0.39, 0.29) is 17.6 Å². The molecule has 4 aliphatic rings. The minimum atomic E-state index is -0.110. The predicted octanol–water partition coefficient (Wildman–Crippen LogP) is 5.70. The Morgan fingerprint density at radius 3 is 2.33 bits per heavy atom. The fraction of sp³-hybridized carbons (Fsp3) is 0.750. The highest BCUT2D eigenvalue weighted by Gasteiger charge is 2.33. The number of carbonyl (C=O) groups excluding carboxylic acids is 1. The molecule has 0 aromatic heterocycles. The summed E-state index contributed by atoms with van der Waals surface area (Å²) in [7, 11) is 0. The van der Waals surface area contributed by atoms with E-state index in [9.17, 15) is 4.79 Å². The summed E-state index contributed by atoms with van der Waals surface area (Å²) in [5, 5.41) is 0. The molecule has 2 saturated carbocycles. The molecule has 2 heterocycles. The maximum absolute atomic E-state index is 13.1. The molecule has 0 bridgehead atoms. The molecule has 0 spiro atoms. The van der Waals surface area contributed by atoms with Crippen molar-refractivity contribution in [1.82, 2.24) is 9.80 Å². The van der Waals surface area contributed by atoms with Crippen LogP contribution in [0.1, 0.15) is 89.2 Å². The average molecular weight is 454 g/mol. The summed E-state index contributed by atoms with van der Waals surface area (Å²) in [5.74, 6) is 0. The molecule has 2 aliphatic carbocycles. The molecular weight excluding hydrogens is 410 g/mol. The van der Waals surface area contributed by atoms with Crippen LogP contribution in [0.15, 0.2) is 18.2 Å². The second-order valence-electron chi connectivity index (χ2n) is 11.5. The Morgan fingerprint density at radius 1 is 0.909 bits per heavy atom. The number of benzene rings is 1. The highest BCUT2D eigenvalue weighted by atomic mass is 16.6. The molecule has 5 rings (SSSR count). The van der Waals surface area contributed by atoms with Gasteiger partial charge in [-0.3, -0.25) is 4.90 Å². The van der Waals surface area contributed by atoms with Gasteiger partial charge in [-0.15, -0.1) is 0 Å². The van der Waals surface area contributed by atoms with Crippen molar-refractivity contribution in [2.24, 2.45) is 0 Å². The van der Waals surface area contributed by atoms with Crippen molar-refractivity contribution in [2.75, 3.05) is 37.6 Å². The van der Waals surface area contributed by atoms with Gasteiger partial charge in [-0.05, 0) is 73.6 Å². The molecule has 1 aromatic carbocycles. The number of anilines is 1. The second-order valence-corrected chi connectivity index (χ2v) is 11.5. The third-order valence-electron chi connectivity index (χ3n) is 8.78. The summed E-state index contributed by atoms with van der Waals surface area (Å²) < 4.78 is 5.95. The van der Waals surface area contributed by atoms with Gasteiger partial charge in [-0.1, -0.05) is 39.2 Å². The molecule has 1 aromatic rings. The number of hydrogen-bond donors (Lipinski definition) is 0. The largest absolute Gasteiger partial charge is 0.446 e. The SMILES string of the molecule is CC1(C)CCN(C(=O)OC2CCCCC2)Cc2cc(N3CCN(C4CCCC4)CC3)ccc21. The number of ether oxygens (including phenoxy) is 1. The first kappa shape index (κ1) is 23.0. The lowest BCUT2D eigenvalue weighted by molar-refractivity contribution is 0.0437. The van der Waals surface area contributed by atoms with Crippen LogP contribution in [0.3, 0.4) is 0 Å².